The molecule has 0 aliphatic carbocycles. The van der Waals surface area contributed by atoms with E-state index in [2.05, 4.69) is 9.47 Å². The van der Waals surface area contributed by atoms with Crippen molar-refractivity contribution in [2.75, 3.05) is 0 Å². The second-order valence-corrected chi connectivity index (χ2v) is 5.64. The third-order valence-corrected chi connectivity index (χ3v) is 3.59. The molecule has 0 N–H and O–H groups in total. The molecule has 2 aromatic carbocycles. The van der Waals surface area contributed by atoms with E-state index in [1.807, 2.05) is 16.9 Å². The van der Waals surface area contributed by atoms with Gasteiger partial charge in [-0.15, -0.1) is 0 Å². The van der Waals surface area contributed by atoms with Gasteiger partial charge in [-0.3, -0.25) is 0 Å². The standard InChI is InChI=1S/C15H7AsF6O3/c16-12-5-4-10(25-15(20,21)22)7-11(12)13(23)8-2-1-3-9(6-8)24-14(17,18)19/h1-7H. The van der Waals surface area contributed by atoms with Crippen LogP contribution in [0.2, 0.25) is 0 Å². The molecule has 0 aliphatic heterocycles. The number of ether oxygens (including phenoxy) is 2. The molecule has 0 aliphatic rings. The zero-order valence-electron chi connectivity index (χ0n) is 12.0. The van der Waals surface area contributed by atoms with Crippen LogP contribution in [0, 0.1) is 0 Å². The molecule has 10 heteroatoms. The van der Waals surface area contributed by atoms with Gasteiger partial charge in [-0.1, -0.05) is 0 Å². The molecule has 25 heavy (non-hydrogen) atoms. The Hall–Kier alpha value is -2.15. The molecule has 0 spiro atoms. The van der Waals surface area contributed by atoms with Crippen molar-refractivity contribution in [3.63, 3.8) is 0 Å². The number of ketones is 1. The van der Waals surface area contributed by atoms with Crippen LogP contribution < -0.4 is 13.8 Å². The van der Waals surface area contributed by atoms with Crippen molar-refractivity contribution in [2.45, 2.75) is 12.7 Å². The molecule has 0 saturated heterocycles. The van der Waals surface area contributed by atoms with Crippen LogP contribution >= 0.6 is 0 Å². The Balaban J connectivity index is 2.34. The van der Waals surface area contributed by atoms with E-state index in [1.54, 1.807) is 0 Å². The van der Waals surface area contributed by atoms with Crippen LogP contribution in [0.5, 0.6) is 11.5 Å². The first-order valence-electron chi connectivity index (χ1n) is 6.44. The molecule has 0 heterocycles. The molecular formula is C15H7AsF6O3. The van der Waals surface area contributed by atoms with Crippen LogP contribution in [0.25, 0.3) is 0 Å². The molecule has 3 nitrogen and oxygen atoms in total. The van der Waals surface area contributed by atoms with Crippen LogP contribution in [0.3, 0.4) is 0 Å². The van der Waals surface area contributed by atoms with E-state index >= 15 is 0 Å². The molecule has 2 aromatic rings. The monoisotopic (exact) mass is 424 g/mol. The van der Waals surface area contributed by atoms with Crippen molar-refractivity contribution in [1.29, 1.82) is 0 Å². The molecule has 2 radical (unpaired) electrons. The minimum absolute atomic E-state index is 0.161. The first-order valence-corrected chi connectivity index (χ1v) is 7.38. The number of rotatable bonds is 4. The maximum atomic E-state index is 12.4. The van der Waals surface area contributed by atoms with Gasteiger partial charge in [-0.2, -0.15) is 0 Å². The van der Waals surface area contributed by atoms with E-state index in [9.17, 15) is 31.1 Å². The maximum absolute atomic E-state index is 12.4. The fourth-order valence-corrected chi connectivity index (χ4v) is 2.39. The van der Waals surface area contributed by atoms with Gasteiger partial charge in [0.2, 0.25) is 0 Å². The first-order chi connectivity index (χ1) is 11.4. The molecule has 0 aromatic heterocycles. The van der Waals surface area contributed by atoms with E-state index in [0.717, 1.165) is 30.3 Å². The summed E-state index contributed by atoms with van der Waals surface area (Å²) < 4.78 is 81.3. The van der Waals surface area contributed by atoms with Gasteiger partial charge in [0.15, 0.2) is 0 Å². The van der Waals surface area contributed by atoms with Gasteiger partial charge in [0.05, 0.1) is 0 Å². The zero-order chi connectivity index (χ0) is 18.8. The van der Waals surface area contributed by atoms with E-state index in [1.165, 1.54) is 12.1 Å². The second-order valence-electron chi connectivity index (χ2n) is 4.63. The van der Waals surface area contributed by atoms with Gasteiger partial charge in [0.1, 0.15) is 0 Å². The first kappa shape index (κ1) is 19.2. The topological polar surface area (TPSA) is 35.5 Å². The Bertz CT molecular complexity index is 786. The van der Waals surface area contributed by atoms with Gasteiger partial charge in [0.25, 0.3) is 0 Å². The molecule has 0 unspecified atom stereocenters. The number of carbonyl (C=O) groups is 1. The SMILES string of the molecule is O=C(c1cccc(OC(F)(F)F)c1)c1cc(OC(F)(F)F)ccc1[As]. The number of hydrogen-bond acceptors (Lipinski definition) is 3. The van der Waals surface area contributed by atoms with E-state index in [0.29, 0.717) is 0 Å². The van der Waals surface area contributed by atoms with Crippen LogP contribution in [-0.4, -0.2) is 35.4 Å². The summed E-state index contributed by atoms with van der Waals surface area (Å²) in [4.78, 5) is 12.4. The number of carbonyl (C=O) groups excluding carboxylic acids is 1. The summed E-state index contributed by atoms with van der Waals surface area (Å²) in [5, 5.41) is 0. The van der Waals surface area contributed by atoms with Gasteiger partial charge >= 0.3 is 145 Å². The van der Waals surface area contributed by atoms with E-state index < -0.39 is 30.0 Å². The Morgan fingerprint density at radius 3 is 1.96 bits per heavy atom. The van der Waals surface area contributed by atoms with E-state index in [4.69, 9.17) is 0 Å². The molecule has 0 bridgehead atoms. The minimum atomic E-state index is -4.94. The summed E-state index contributed by atoms with van der Waals surface area (Å²) in [7, 11) is 0. The molecule has 0 fully saturated rings. The van der Waals surface area contributed by atoms with Crippen LogP contribution in [0.15, 0.2) is 42.5 Å². The Labute approximate surface area is 146 Å². The zero-order valence-corrected chi connectivity index (χ0v) is 13.9. The Morgan fingerprint density at radius 2 is 1.40 bits per heavy atom. The fraction of sp³-hybridized carbons (Fsp3) is 0.133. The Morgan fingerprint density at radius 1 is 0.840 bits per heavy atom. The fourth-order valence-electron chi connectivity index (χ4n) is 1.88. The summed E-state index contributed by atoms with van der Waals surface area (Å²) in [6.07, 6.45) is -9.88. The quantitative estimate of drug-likeness (QED) is 0.428. The van der Waals surface area contributed by atoms with Crippen LogP contribution in [0.4, 0.5) is 26.3 Å². The number of halogens is 6. The predicted molar refractivity (Wildman–Crippen MR) is 75.1 cm³/mol. The number of hydrogen-bond donors (Lipinski definition) is 0. The van der Waals surface area contributed by atoms with Gasteiger partial charge in [-0.05, 0) is 0 Å². The summed E-state index contributed by atoms with van der Waals surface area (Å²) in [6.45, 7) is 0. The number of benzene rings is 2. The third kappa shape index (κ3) is 5.70. The van der Waals surface area contributed by atoms with Crippen molar-refractivity contribution in [3.05, 3.63) is 53.6 Å². The van der Waals surface area contributed by atoms with Gasteiger partial charge in [-0.25, -0.2) is 0 Å². The van der Waals surface area contributed by atoms with Gasteiger partial charge < -0.3 is 0 Å². The van der Waals surface area contributed by atoms with Crippen molar-refractivity contribution in [2.24, 2.45) is 0 Å². The summed E-state index contributed by atoms with van der Waals surface area (Å²) >= 11 is 1.98. The van der Waals surface area contributed by atoms with Crippen molar-refractivity contribution in [3.8, 4) is 11.5 Å². The van der Waals surface area contributed by atoms with Crippen molar-refractivity contribution < 1.29 is 40.6 Å². The average molecular weight is 424 g/mol. The summed E-state index contributed by atoms with van der Waals surface area (Å²) in [5.41, 5.74) is -0.343. The number of alkyl halides is 6. The normalized spacial score (nSPS) is 12.0. The molecule has 0 saturated carbocycles. The second kappa shape index (κ2) is 6.99. The molecule has 2 rings (SSSR count). The molecular weight excluding hydrogens is 417 g/mol. The van der Waals surface area contributed by atoms with Crippen molar-refractivity contribution in [1.82, 2.24) is 0 Å². The van der Waals surface area contributed by atoms with Crippen molar-refractivity contribution >= 4 is 27.0 Å². The van der Waals surface area contributed by atoms with Crippen LogP contribution in [0.1, 0.15) is 15.9 Å². The van der Waals surface area contributed by atoms with Crippen LogP contribution in [-0.2, 0) is 0 Å². The molecule has 0 atom stereocenters. The summed E-state index contributed by atoms with van der Waals surface area (Å²) in [6, 6.07) is 7.31. The predicted octanol–water partition coefficient (Wildman–Crippen LogP) is 3.51. The van der Waals surface area contributed by atoms with E-state index in [-0.39, 0.29) is 15.5 Å². The van der Waals surface area contributed by atoms with Gasteiger partial charge in [0, 0.05) is 0 Å². The Kier molecular flexibility index (Phi) is 5.36. The molecule has 0 amide bonds. The average Bonchev–Trinajstić information content (AvgIpc) is 2.45. The molecule has 132 valence electrons. The summed E-state index contributed by atoms with van der Waals surface area (Å²) in [5.74, 6) is -2.02. The third-order valence-electron chi connectivity index (χ3n) is 2.78.